The Hall–Kier alpha value is -3.73. The molecule has 1 aliphatic heterocycles. The van der Waals surface area contributed by atoms with Gasteiger partial charge in [-0.15, -0.1) is 0 Å². The zero-order valence-electron chi connectivity index (χ0n) is 23.0. The van der Waals surface area contributed by atoms with E-state index in [2.05, 4.69) is 54.2 Å². The Morgan fingerprint density at radius 1 is 1.13 bits per heavy atom. The minimum absolute atomic E-state index is 0. The Morgan fingerprint density at radius 3 is 2.51 bits per heavy atom. The predicted molar refractivity (Wildman–Crippen MR) is 155 cm³/mol. The van der Waals surface area contributed by atoms with Crippen molar-refractivity contribution < 1.29 is 20.8 Å². The van der Waals surface area contributed by atoms with E-state index in [0.717, 1.165) is 12.8 Å². The topological polar surface area (TPSA) is 140 Å². The average molecular weight is 557 g/mol. The van der Waals surface area contributed by atoms with E-state index in [9.17, 15) is 13.2 Å². The number of anilines is 2. The van der Waals surface area contributed by atoms with Crippen LogP contribution in [-0.2, 0) is 10.0 Å². The normalized spacial score (nSPS) is 16.9. The molecule has 1 aliphatic rings. The summed E-state index contributed by atoms with van der Waals surface area (Å²) in [5.41, 5.74) is 6.62. The maximum Gasteiger partial charge on any atom is 0.281 e. The molecule has 0 radical (unpaired) electrons. The number of nitrogens with zero attached hydrogens (tertiary/aromatic N) is 4. The first kappa shape index (κ1) is 28.3. The summed E-state index contributed by atoms with van der Waals surface area (Å²) in [6.45, 7) is 11.8. The van der Waals surface area contributed by atoms with Crippen molar-refractivity contribution in [3.05, 3.63) is 54.1 Å². The second kappa shape index (κ2) is 11.2. The van der Waals surface area contributed by atoms with Gasteiger partial charge >= 0.3 is 0 Å². The number of nitrogens with two attached hydrogens (primary N) is 1. The number of carbonyl (C=O) groups excluding carboxylic acids is 1. The van der Waals surface area contributed by atoms with Crippen LogP contribution in [0.25, 0.3) is 11.4 Å². The van der Waals surface area contributed by atoms with Gasteiger partial charge in [0.25, 0.3) is 15.9 Å². The summed E-state index contributed by atoms with van der Waals surface area (Å²) in [6.07, 6.45) is 1.80. The molecule has 1 atom stereocenters. The van der Waals surface area contributed by atoms with E-state index in [1.807, 2.05) is 12.1 Å². The Morgan fingerprint density at radius 2 is 1.85 bits per heavy atom. The van der Waals surface area contributed by atoms with E-state index in [-0.39, 0.29) is 24.8 Å². The molecule has 11 heteroatoms. The van der Waals surface area contributed by atoms with E-state index in [1.165, 1.54) is 18.2 Å². The first-order chi connectivity index (χ1) is 18.4. The molecule has 1 unspecified atom stereocenters. The van der Waals surface area contributed by atoms with Gasteiger partial charge in [0.15, 0.2) is 5.03 Å². The molecule has 0 spiro atoms. The van der Waals surface area contributed by atoms with Crippen molar-refractivity contribution in [2.45, 2.75) is 58.0 Å². The van der Waals surface area contributed by atoms with Gasteiger partial charge in [0.05, 0.1) is 23.6 Å². The van der Waals surface area contributed by atoms with Crippen LogP contribution in [0.15, 0.2) is 53.6 Å². The summed E-state index contributed by atoms with van der Waals surface area (Å²) in [6, 6.07) is 12.9. The van der Waals surface area contributed by atoms with Gasteiger partial charge in [-0.3, -0.25) is 4.79 Å². The monoisotopic (exact) mass is 556 g/mol. The van der Waals surface area contributed by atoms with Crippen molar-refractivity contribution >= 4 is 27.6 Å². The summed E-state index contributed by atoms with van der Waals surface area (Å²) in [5.74, 6) is 0.992. The number of nitrogens with one attached hydrogen (secondary N) is 1. The summed E-state index contributed by atoms with van der Waals surface area (Å²) in [4.78, 5) is 28.8. The van der Waals surface area contributed by atoms with Gasteiger partial charge in [-0.05, 0) is 68.9 Å². The molecular weight excluding hydrogens is 516 g/mol. The van der Waals surface area contributed by atoms with E-state index in [1.54, 1.807) is 18.2 Å². The zero-order chi connectivity index (χ0) is 28.4. The number of aromatic nitrogens is 3. The smallest absolute Gasteiger partial charge is 0.281 e. The third-order valence-electron chi connectivity index (χ3n) is 6.63. The molecule has 4 rings (SSSR count). The van der Waals surface area contributed by atoms with Crippen molar-refractivity contribution in [1.29, 1.82) is 0 Å². The Kier molecular flexibility index (Phi) is 8.10. The van der Waals surface area contributed by atoms with E-state index in [0.29, 0.717) is 48.1 Å². The first-order valence-electron chi connectivity index (χ1n) is 13.0. The van der Waals surface area contributed by atoms with Crippen LogP contribution in [0.4, 0.5) is 11.6 Å². The van der Waals surface area contributed by atoms with Crippen molar-refractivity contribution in [2.75, 3.05) is 23.8 Å². The summed E-state index contributed by atoms with van der Waals surface area (Å²) in [7, 11) is -4.26. The molecule has 1 saturated heterocycles. The SMILES string of the molecule is CC(C)CCOc1cccc(-c2ccc(C(=O)NS(=O)(=O)c3cccc(N)n3)c(N3CC(C)CC3(C)C)n2)n1.[HH].[HH]. The number of carbonyl (C=O) groups is 1. The molecule has 212 valence electrons. The number of hydrogen-bond donors (Lipinski definition) is 2. The van der Waals surface area contributed by atoms with Crippen LogP contribution in [0.5, 0.6) is 5.88 Å². The van der Waals surface area contributed by atoms with Crippen molar-refractivity contribution in [3.63, 3.8) is 0 Å². The van der Waals surface area contributed by atoms with Crippen LogP contribution in [0.2, 0.25) is 0 Å². The molecule has 0 aliphatic carbocycles. The zero-order valence-corrected chi connectivity index (χ0v) is 23.8. The minimum atomic E-state index is -4.26. The van der Waals surface area contributed by atoms with Crippen molar-refractivity contribution in [1.82, 2.24) is 19.7 Å². The van der Waals surface area contributed by atoms with Crippen molar-refractivity contribution in [3.8, 4) is 17.3 Å². The largest absolute Gasteiger partial charge is 0.478 e. The quantitative estimate of drug-likeness (QED) is 0.381. The van der Waals surface area contributed by atoms with Gasteiger partial charge in [-0.1, -0.05) is 32.9 Å². The van der Waals surface area contributed by atoms with Gasteiger partial charge in [0, 0.05) is 21.0 Å². The maximum absolute atomic E-state index is 13.4. The van der Waals surface area contributed by atoms with Gasteiger partial charge < -0.3 is 15.4 Å². The molecule has 3 aromatic heterocycles. The van der Waals surface area contributed by atoms with Crippen LogP contribution in [-0.4, -0.2) is 48.0 Å². The number of nitrogen functional groups attached to an aromatic ring is 1. The average Bonchev–Trinajstić information content (AvgIpc) is 3.15. The second-order valence-corrected chi connectivity index (χ2v) is 12.7. The Labute approximate surface area is 233 Å². The number of ether oxygens (including phenoxy) is 1. The van der Waals surface area contributed by atoms with E-state index in [4.69, 9.17) is 15.5 Å². The highest BCUT2D eigenvalue weighted by Crippen LogP contribution is 2.38. The molecule has 3 aromatic rings. The van der Waals surface area contributed by atoms with Gasteiger partial charge in [-0.2, -0.15) is 8.42 Å². The van der Waals surface area contributed by atoms with Crippen LogP contribution in [0.1, 0.15) is 60.7 Å². The van der Waals surface area contributed by atoms with Gasteiger partial charge in [-0.25, -0.2) is 19.7 Å². The highest BCUT2D eigenvalue weighted by molar-refractivity contribution is 7.90. The van der Waals surface area contributed by atoms with Crippen LogP contribution in [0, 0.1) is 11.8 Å². The molecule has 3 N–H and O–H groups in total. The third kappa shape index (κ3) is 6.65. The fourth-order valence-electron chi connectivity index (χ4n) is 4.78. The minimum Gasteiger partial charge on any atom is -0.478 e. The van der Waals surface area contributed by atoms with E-state index >= 15 is 0 Å². The number of rotatable bonds is 9. The molecule has 0 aromatic carbocycles. The number of hydrogen-bond acceptors (Lipinski definition) is 9. The molecule has 0 bridgehead atoms. The summed E-state index contributed by atoms with van der Waals surface area (Å²) >= 11 is 0. The Bertz CT molecular complexity index is 1470. The van der Waals surface area contributed by atoms with Crippen molar-refractivity contribution in [2.24, 2.45) is 11.8 Å². The number of sulfonamides is 1. The molecule has 1 fully saturated rings. The molecule has 0 saturated carbocycles. The lowest BCUT2D eigenvalue weighted by Crippen LogP contribution is -2.41. The summed E-state index contributed by atoms with van der Waals surface area (Å²) < 4.78 is 33.8. The number of amides is 1. The van der Waals surface area contributed by atoms with Crippen LogP contribution in [0.3, 0.4) is 0 Å². The van der Waals surface area contributed by atoms with Crippen LogP contribution >= 0.6 is 0 Å². The molecule has 10 nitrogen and oxygen atoms in total. The first-order valence-corrected chi connectivity index (χ1v) is 14.5. The van der Waals surface area contributed by atoms with Crippen LogP contribution < -0.4 is 20.1 Å². The summed E-state index contributed by atoms with van der Waals surface area (Å²) in [5, 5.41) is -0.337. The highest BCUT2D eigenvalue weighted by atomic mass is 32.2. The second-order valence-electron chi connectivity index (χ2n) is 11.0. The molecule has 39 heavy (non-hydrogen) atoms. The Balaban J connectivity index is 0.00000294. The molecular formula is C28H40N6O4S. The maximum atomic E-state index is 13.4. The fraction of sp³-hybridized carbons (Fsp3) is 0.429. The van der Waals surface area contributed by atoms with Gasteiger partial charge in [0.2, 0.25) is 5.88 Å². The molecule has 1 amide bonds. The molecule has 4 heterocycles. The third-order valence-corrected chi connectivity index (χ3v) is 7.86. The fourth-order valence-corrected chi connectivity index (χ4v) is 5.72. The number of pyridine rings is 3. The lowest BCUT2D eigenvalue weighted by Gasteiger charge is -2.34. The standard InChI is InChI=1S/C28H36N6O4S.2H2/c1-18(2)14-15-38-24-10-6-8-21(30-24)22-13-12-20(26(31-22)34-17-19(3)16-28(34,4)5)27(35)33-39(36,37)25-11-7-9-23(29)32-25;;/h6-13,18-19H,14-17H2,1-5H3,(H2,29,32)(H,33,35);2*1H. The predicted octanol–water partition coefficient (Wildman–Crippen LogP) is 4.78. The van der Waals surface area contributed by atoms with E-state index < -0.39 is 15.9 Å². The lowest BCUT2D eigenvalue weighted by atomic mass is 9.97. The lowest BCUT2D eigenvalue weighted by molar-refractivity contribution is 0.0981. The van der Waals surface area contributed by atoms with Gasteiger partial charge in [0.1, 0.15) is 11.6 Å². The highest BCUT2D eigenvalue weighted by Gasteiger charge is 2.39.